The molecule has 1 heterocycles. The van der Waals surface area contributed by atoms with Crippen LogP contribution in [0, 0.1) is 18.8 Å². The molecule has 1 aromatic carbocycles. The third-order valence-electron chi connectivity index (χ3n) is 8.59. The number of amides is 1. The van der Waals surface area contributed by atoms with Crippen molar-refractivity contribution >= 4 is 11.9 Å². The van der Waals surface area contributed by atoms with Crippen LogP contribution in [0.1, 0.15) is 99.0 Å². The summed E-state index contributed by atoms with van der Waals surface area (Å²) >= 11 is 0. The Morgan fingerprint density at radius 2 is 1.75 bits per heavy atom. The maximum absolute atomic E-state index is 13.6. The van der Waals surface area contributed by atoms with E-state index in [4.69, 9.17) is 15.9 Å². The number of guanidine groups is 1. The monoisotopic (exact) mass is 492 g/mol. The molecule has 2 aliphatic carbocycles. The first-order valence-corrected chi connectivity index (χ1v) is 13.5. The highest BCUT2D eigenvalue weighted by atomic mass is 16.3. The number of hydrogen-bond donors (Lipinski definition) is 2. The van der Waals surface area contributed by atoms with Crippen molar-refractivity contribution in [2.24, 2.45) is 28.3 Å². The van der Waals surface area contributed by atoms with Crippen molar-refractivity contribution in [2.75, 3.05) is 13.1 Å². The second-order valence-corrected chi connectivity index (χ2v) is 12.4. The van der Waals surface area contributed by atoms with E-state index in [1.807, 2.05) is 4.90 Å². The Kier molecular flexibility index (Phi) is 7.53. The van der Waals surface area contributed by atoms with Gasteiger partial charge in [0.25, 0.3) is 5.91 Å². The average Bonchev–Trinajstić information content (AvgIpc) is 3.36. The standard InChI is InChI=1S/C30H44N4O2/c1-20-14-24-25(30(4,5)12-11-29(24,2)3)16-23(20)19-34(27(35)26-10-7-13-36-26)18-22-9-6-8-21(15-22)17-33-28(31)32/h7,10,13-14,16,21-22H,6,8-9,11-12,15,17-19H2,1-5H3,(H4,31,32,33). The summed E-state index contributed by atoms with van der Waals surface area (Å²) < 4.78 is 5.53. The van der Waals surface area contributed by atoms with Crippen LogP contribution < -0.4 is 11.5 Å². The fourth-order valence-corrected chi connectivity index (χ4v) is 6.20. The second-order valence-electron chi connectivity index (χ2n) is 12.4. The van der Waals surface area contributed by atoms with E-state index in [0.29, 0.717) is 37.2 Å². The minimum Gasteiger partial charge on any atom is -0.459 e. The van der Waals surface area contributed by atoms with Gasteiger partial charge in [0.15, 0.2) is 11.7 Å². The molecule has 0 bridgehead atoms. The van der Waals surface area contributed by atoms with Crippen molar-refractivity contribution in [3.05, 3.63) is 58.5 Å². The maximum atomic E-state index is 13.6. The van der Waals surface area contributed by atoms with Crippen LogP contribution in [0.25, 0.3) is 0 Å². The zero-order valence-corrected chi connectivity index (χ0v) is 22.8. The Hall–Kier alpha value is -2.76. The van der Waals surface area contributed by atoms with E-state index in [0.717, 1.165) is 25.7 Å². The number of fused-ring (bicyclic) bond motifs is 1. The van der Waals surface area contributed by atoms with Gasteiger partial charge in [-0.2, -0.15) is 0 Å². The van der Waals surface area contributed by atoms with Crippen LogP contribution in [0.15, 0.2) is 39.9 Å². The number of rotatable bonds is 7. The van der Waals surface area contributed by atoms with Crippen LogP contribution in [-0.2, 0) is 17.4 Å². The zero-order valence-electron chi connectivity index (χ0n) is 22.8. The molecule has 0 saturated heterocycles. The fourth-order valence-electron chi connectivity index (χ4n) is 6.20. The Morgan fingerprint density at radius 3 is 2.39 bits per heavy atom. The highest BCUT2D eigenvalue weighted by Gasteiger charge is 2.37. The molecule has 0 aliphatic heterocycles. The number of carbonyl (C=O) groups excluding carboxylic acids is 1. The largest absolute Gasteiger partial charge is 0.459 e. The van der Waals surface area contributed by atoms with Crippen molar-refractivity contribution in [2.45, 2.75) is 90.5 Å². The number of aryl methyl sites for hydroxylation is 1. The summed E-state index contributed by atoms with van der Waals surface area (Å²) in [4.78, 5) is 19.9. The number of hydrogen-bond acceptors (Lipinski definition) is 3. The Bertz CT molecular complexity index is 1100. The molecule has 6 heteroatoms. The third-order valence-corrected chi connectivity index (χ3v) is 8.59. The van der Waals surface area contributed by atoms with Crippen molar-refractivity contribution in [3.8, 4) is 0 Å². The van der Waals surface area contributed by atoms with E-state index in [2.05, 4.69) is 51.7 Å². The molecule has 196 valence electrons. The fraction of sp³-hybridized carbons (Fsp3) is 0.600. The molecule has 36 heavy (non-hydrogen) atoms. The van der Waals surface area contributed by atoms with Crippen molar-refractivity contribution < 1.29 is 9.21 Å². The minimum atomic E-state index is -0.0388. The molecular formula is C30H44N4O2. The molecule has 1 saturated carbocycles. The summed E-state index contributed by atoms with van der Waals surface area (Å²) in [5.41, 5.74) is 16.8. The number of aliphatic imine (C=N–C) groups is 1. The van der Waals surface area contributed by atoms with Crippen LogP contribution in [0.3, 0.4) is 0 Å². The van der Waals surface area contributed by atoms with Crippen LogP contribution in [0.2, 0.25) is 0 Å². The average molecular weight is 493 g/mol. The van der Waals surface area contributed by atoms with E-state index in [9.17, 15) is 4.79 Å². The third kappa shape index (κ3) is 5.79. The van der Waals surface area contributed by atoms with E-state index in [1.54, 1.807) is 18.4 Å². The van der Waals surface area contributed by atoms with Gasteiger partial charge in [-0.3, -0.25) is 9.79 Å². The lowest BCUT2D eigenvalue weighted by atomic mass is 9.62. The van der Waals surface area contributed by atoms with Gasteiger partial charge in [0.05, 0.1) is 6.26 Å². The predicted molar refractivity (Wildman–Crippen MR) is 146 cm³/mol. The van der Waals surface area contributed by atoms with E-state index in [1.165, 1.54) is 35.1 Å². The molecular weight excluding hydrogens is 448 g/mol. The van der Waals surface area contributed by atoms with E-state index < -0.39 is 0 Å². The molecule has 4 rings (SSSR count). The van der Waals surface area contributed by atoms with Gasteiger partial charge in [-0.25, -0.2) is 0 Å². The van der Waals surface area contributed by atoms with Crippen molar-refractivity contribution in [3.63, 3.8) is 0 Å². The minimum absolute atomic E-state index is 0.0388. The predicted octanol–water partition coefficient (Wildman–Crippen LogP) is 5.66. The lowest BCUT2D eigenvalue weighted by Gasteiger charge is -2.42. The van der Waals surface area contributed by atoms with Gasteiger partial charge in [-0.05, 0) is 96.1 Å². The van der Waals surface area contributed by atoms with Gasteiger partial charge in [0.2, 0.25) is 0 Å². The molecule has 6 nitrogen and oxygen atoms in total. The van der Waals surface area contributed by atoms with Crippen LogP contribution in [-0.4, -0.2) is 29.9 Å². The summed E-state index contributed by atoms with van der Waals surface area (Å²) in [5, 5.41) is 0. The highest BCUT2D eigenvalue weighted by Crippen LogP contribution is 2.46. The van der Waals surface area contributed by atoms with Crippen molar-refractivity contribution in [1.29, 1.82) is 0 Å². The Balaban J connectivity index is 1.61. The lowest BCUT2D eigenvalue weighted by Crippen LogP contribution is -2.38. The summed E-state index contributed by atoms with van der Waals surface area (Å²) in [6, 6.07) is 8.32. The molecule has 2 aliphatic rings. The topological polar surface area (TPSA) is 97.9 Å². The van der Waals surface area contributed by atoms with Gasteiger partial charge in [0.1, 0.15) is 0 Å². The van der Waals surface area contributed by atoms with Gasteiger partial charge in [0, 0.05) is 19.6 Å². The molecule has 1 aromatic heterocycles. The van der Waals surface area contributed by atoms with Crippen LogP contribution >= 0.6 is 0 Å². The molecule has 0 radical (unpaired) electrons. The Morgan fingerprint density at radius 1 is 1.08 bits per heavy atom. The molecule has 1 amide bonds. The first-order valence-electron chi connectivity index (χ1n) is 13.5. The van der Waals surface area contributed by atoms with Gasteiger partial charge >= 0.3 is 0 Å². The second kappa shape index (κ2) is 10.3. The smallest absolute Gasteiger partial charge is 0.289 e. The lowest BCUT2D eigenvalue weighted by molar-refractivity contribution is 0.0654. The van der Waals surface area contributed by atoms with Crippen LogP contribution in [0.5, 0.6) is 0 Å². The molecule has 2 aromatic rings. The molecule has 0 spiro atoms. The summed E-state index contributed by atoms with van der Waals surface area (Å²) in [6.45, 7) is 13.6. The Labute approximate surface area is 216 Å². The van der Waals surface area contributed by atoms with E-state index in [-0.39, 0.29) is 22.7 Å². The zero-order chi connectivity index (χ0) is 26.1. The summed E-state index contributed by atoms with van der Waals surface area (Å²) in [7, 11) is 0. The summed E-state index contributed by atoms with van der Waals surface area (Å²) in [6.07, 6.45) is 8.36. The number of benzene rings is 1. The van der Waals surface area contributed by atoms with E-state index >= 15 is 0 Å². The van der Waals surface area contributed by atoms with Gasteiger partial charge in [-0.15, -0.1) is 0 Å². The normalized spacial score (nSPS) is 22.5. The summed E-state index contributed by atoms with van der Waals surface area (Å²) in [5.74, 6) is 1.40. The number of carbonyl (C=O) groups is 1. The first kappa shape index (κ1) is 26.3. The number of furan rings is 1. The molecule has 1 fully saturated rings. The quantitative estimate of drug-likeness (QED) is 0.385. The van der Waals surface area contributed by atoms with Crippen LogP contribution in [0.4, 0.5) is 0 Å². The van der Waals surface area contributed by atoms with Crippen molar-refractivity contribution in [1.82, 2.24) is 4.90 Å². The maximum Gasteiger partial charge on any atom is 0.289 e. The van der Waals surface area contributed by atoms with Gasteiger partial charge in [-0.1, -0.05) is 46.2 Å². The molecule has 2 unspecified atom stereocenters. The first-order chi connectivity index (χ1) is 17.0. The SMILES string of the molecule is Cc1cc2c(cc1CN(CC1CCCC(CN=C(N)N)C1)C(=O)c1ccco1)C(C)(C)CCC2(C)C. The van der Waals surface area contributed by atoms with Gasteiger partial charge < -0.3 is 20.8 Å². The molecule has 2 atom stereocenters. The number of nitrogens with zero attached hydrogens (tertiary/aromatic N) is 2. The highest BCUT2D eigenvalue weighted by molar-refractivity contribution is 5.91. The molecule has 4 N–H and O–H groups in total. The number of nitrogens with two attached hydrogens (primary N) is 2.